The topological polar surface area (TPSA) is 32.8 Å². The van der Waals surface area contributed by atoms with Gasteiger partial charge in [0.15, 0.2) is 0 Å². The van der Waals surface area contributed by atoms with E-state index in [9.17, 15) is 4.79 Å². The minimum Gasteiger partial charge on any atom is -0.374 e. The summed E-state index contributed by atoms with van der Waals surface area (Å²) in [5.74, 6) is 1.38. The normalized spacial score (nSPS) is 26.5. The predicted octanol–water partition coefficient (Wildman–Crippen LogP) is 2.56. The average Bonchev–Trinajstić information content (AvgIpc) is 3.12. The molecule has 4 nitrogen and oxygen atoms in total. The third-order valence-electron chi connectivity index (χ3n) is 5.08. The van der Waals surface area contributed by atoms with Gasteiger partial charge < -0.3 is 14.5 Å². The fraction of sp³-hybridized carbons (Fsp3) is 0.550. The molecule has 1 aliphatic heterocycles. The number of likely N-dealkylation sites (N-methyl/N-ethyl adjacent to an activating group) is 1. The molecular formula is C20H28N2O2. The van der Waals surface area contributed by atoms with Crippen LogP contribution in [0.15, 0.2) is 42.5 Å². The highest BCUT2D eigenvalue weighted by molar-refractivity contribution is 5.87. The Balaban J connectivity index is 1.42. The zero-order chi connectivity index (χ0) is 16.9. The molecule has 1 aromatic carbocycles. The molecule has 24 heavy (non-hydrogen) atoms. The zero-order valence-electron chi connectivity index (χ0n) is 14.7. The van der Waals surface area contributed by atoms with Gasteiger partial charge in [-0.1, -0.05) is 36.4 Å². The maximum atomic E-state index is 12.2. The van der Waals surface area contributed by atoms with E-state index in [0.717, 1.165) is 32.5 Å². The van der Waals surface area contributed by atoms with E-state index in [1.165, 1.54) is 5.56 Å². The van der Waals surface area contributed by atoms with E-state index in [2.05, 4.69) is 29.2 Å². The predicted molar refractivity (Wildman–Crippen MR) is 95.5 cm³/mol. The van der Waals surface area contributed by atoms with Gasteiger partial charge in [-0.05, 0) is 44.3 Å². The molecule has 0 radical (unpaired) electrons. The highest BCUT2D eigenvalue weighted by Crippen LogP contribution is 2.39. The third kappa shape index (κ3) is 4.46. The van der Waals surface area contributed by atoms with Crippen molar-refractivity contribution < 1.29 is 9.53 Å². The Bertz CT molecular complexity index is 556. The van der Waals surface area contributed by atoms with Gasteiger partial charge >= 0.3 is 0 Å². The first-order chi connectivity index (χ1) is 11.6. The molecule has 0 bridgehead atoms. The van der Waals surface area contributed by atoms with Crippen molar-refractivity contribution >= 4 is 5.91 Å². The molecule has 2 aliphatic rings. The third-order valence-corrected chi connectivity index (χ3v) is 5.08. The number of rotatable bonds is 6. The SMILES string of the molecule is CN(C)C/C=C/C(=O)N1C[C@H]2CC(OCc3ccccc3)C[C@H]2C1. The summed E-state index contributed by atoms with van der Waals surface area (Å²) in [6, 6.07) is 10.3. The molecule has 3 atom stereocenters. The zero-order valence-corrected chi connectivity index (χ0v) is 14.7. The van der Waals surface area contributed by atoms with Gasteiger partial charge in [-0.25, -0.2) is 0 Å². The minimum absolute atomic E-state index is 0.160. The Morgan fingerprint density at radius 1 is 1.21 bits per heavy atom. The van der Waals surface area contributed by atoms with E-state index in [4.69, 9.17) is 4.74 Å². The Hall–Kier alpha value is -1.65. The number of carbonyl (C=O) groups is 1. The molecule has 1 unspecified atom stereocenters. The van der Waals surface area contributed by atoms with E-state index >= 15 is 0 Å². The summed E-state index contributed by atoms with van der Waals surface area (Å²) in [5, 5.41) is 0. The lowest BCUT2D eigenvalue weighted by atomic mass is 10.0. The van der Waals surface area contributed by atoms with Crippen LogP contribution in [-0.2, 0) is 16.1 Å². The van der Waals surface area contributed by atoms with Crippen LogP contribution in [-0.4, -0.2) is 55.5 Å². The largest absolute Gasteiger partial charge is 0.374 e. The van der Waals surface area contributed by atoms with E-state index in [1.54, 1.807) is 6.08 Å². The van der Waals surface area contributed by atoms with Gasteiger partial charge in [0, 0.05) is 25.7 Å². The molecular weight excluding hydrogens is 300 g/mol. The standard InChI is InChI=1S/C20H28N2O2/c1-21(2)10-6-9-20(23)22-13-17-11-19(12-18(17)14-22)24-15-16-7-4-3-5-8-16/h3-9,17-19H,10-15H2,1-2H3/b9-6+/t17-,18+,19?. The molecule has 4 heteroatoms. The molecule has 1 heterocycles. The maximum absolute atomic E-state index is 12.2. The summed E-state index contributed by atoms with van der Waals surface area (Å²) >= 11 is 0. The fourth-order valence-electron chi connectivity index (χ4n) is 3.82. The number of carbonyl (C=O) groups excluding carboxylic acids is 1. The van der Waals surface area contributed by atoms with Crippen LogP contribution in [0.1, 0.15) is 18.4 Å². The molecule has 1 aromatic rings. The van der Waals surface area contributed by atoms with E-state index in [0.29, 0.717) is 24.5 Å². The van der Waals surface area contributed by atoms with E-state index in [-0.39, 0.29) is 5.91 Å². The van der Waals surface area contributed by atoms with Crippen LogP contribution in [0.4, 0.5) is 0 Å². The second kappa shape index (κ2) is 7.95. The summed E-state index contributed by atoms with van der Waals surface area (Å²) in [4.78, 5) is 16.3. The van der Waals surface area contributed by atoms with Gasteiger partial charge in [0.1, 0.15) is 0 Å². The van der Waals surface area contributed by atoms with Crippen molar-refractivity contribution in [1.29, 1.82) is 0 Å². The number of amides is 1. The highest BCUT2D eigenvalue weighted by atomic mass is 16.5. The lowest BCUT2D eigenvalue weighted by Gasteiger charge is -2.18. The van der Waals surface area contributed by atoms with Crippen LogP contribution in [0.5, 0.6) is 0 Å². The van der Waals surface area contributed by atoms with E-state index < -0.39 is 0 Å². The smallest absolute Gasteiger partial charge is 0.246 e. The molecule has 1 saturated carbocycles. The average molecular weight is 328 g/mol. The molecule has 1 amide bonds. The van der Waals surface area contributed by atoms with Crippen LogP contribution < -0.4 is 0 Å². The second-order valence-electron chi connectivity index (χ2n) is 7.32. The summed E-state index contributed by atoms with van der Waals surface area (Å²) in [6.45, 7) is 3.28. The quantitative estimate of drug-likeness (QED) is 0.753. The molecule has 130 valence electrons. The van der Waals surface area contributed by atoms with Gasteiger partial charge in [0.25, 0.3) is 0 Å². The molecule has 1 saturated heterocycles. The van der Waals surface area contributed by atoms with Crippen molar-refractivity contribution in [3.8, 4) is 0 Å². The molecule has 0 N–H and O–H groups in total. The number of hydrogen-bond donors (Lipinski definition) is 0. The first-order valence-electron chi connectivity index (χ1n) is 8.87. The molecule has 3 rings (SSSR count). The van der Waals surface area contributed by atoms with Gasteiger partial charge in [-0.15, -0.1) is 0 Å². The number of ether oxygens (including phenoxy) is 1. The van der Waals surface area contributed by atoms with Gasteiger partial charge in [0.05, 0.1) is 12.7 Å². The van der Waals surface area contributed by atoms with Crippen molar-refractivity contribution in [3.63, 3.8) is 0 Å². The molecule has 0 spiro atoms. The van der Waals surface area contributed by atoms with Gasteiger partial charge in [-0.3, -0.25) is 4.79 Å². The number of nitrogens with zero attached hydrogens (tertiary/aromatic N) is 2. The minimum atomic E-state index is 0.160. The summed E-state index contributed by atoms with van der Waals surface area (Å²) < 4.78 is 6.09. The first kappa shape index (κ1) is 17.2. The Morgan fingerprint density at radius 2 is 1.88 bits per heavy atom. The van der Waals surface area contributed by atoms with Crippen molar-refractivity contribution in [3.05, 3.63) is 48.0 Å². The highest BCUT2D eigenvalue weighted by Gasteiger charge is 2.42. The molecule has 0 aromatic heterocycles. The van der Waals surface area contributed by atoms with E-state index in [1.807, 2.05) is 31.1 Å². The van der Waals surface area contributed by atoms with Crippen molar-refractivity contribution in [1.82, 2.24) is 9.80 Å². The number of fused-ring (bicyclic) bond motifs is 1. The fourth-order valence-corrected chi connectivity index (χ4v) is 3.82. The summed E-state index contributed by atoms with van der Waals surface area (Å²) in [5.41, 5.74) is 1.23. The summed E-state index contributed by atoms with van der Waals surface area (Å²) in [7, 11) is 4.01. The number of hydrogen-bond acceptors (Lipinski definition) is 3. The Kier molecular flexibility index (Phi) is 5.69. The van der Waals surface area contributed by atoms with Crippen molar-refractivity contribution in [2.75, 3.05) is 33.7 Å². The van der Waals surface area contributed by atoms with Gasteiger partial charge in [-0.2, -0.15) is 0 Å². The monoisotopic (exact) mass is 328 g/mol. The molecule has 2 fully saturated rings. The lowest BCUT2D eigenvalue weighted by Crippen LogP contribution is -2.29. The Morgan fingerprint density at radius 3 is 2.50 bits per heavy atom. The number of benzene rings is 1. The van der Waals surface area contributed by atoms with Crippen LogP contribution in [0.2, 0.25) is 0 Å². The first-order valence-corrected chi connectivity index (χ1v) is 8.87. The van der Waals surface area contributed by atoms with Crippen LogP contribution >= 0.6 is 0 Å². The lowest BCUT2D eigenvalue weighted by molar-refractivity contribution is -0.125. The van der Waals surface area contributed by atoms with Crippen molar-refractivity contribution in [2.45, 2.75) is 25.6 Å². The molecule has 1 aliphatic carbocycles. The van der Waals surface area contributed by atoms with Crippen LogP contribution in [0, 0.1) is 11.8 Å². The van der Waals surface area contributed by atoms with Crippen LogP contribution in [0.25, 0.3) is 0 Å². The van der Waals surface area contributed by atoms with Gasteiger partial charge in [0.2, 0.25) is 5.91 Å². The number of likely N-dealkylation sites (tertiary alicyclic amines) is 1. The second-order valence-corrected chi connectivity index (χ2v) is 7.32. The van der Waals surface area contributed by atoms with Crippen molar-refractivity contribution in [2.24, 2.45) is 11.8 Å². The summed E-state index contributed by atoms with van der Waals surface area (Å²) in [6.07, 6.45) is 6.19. The Labute approximate surface area is 145 Å². The maximum Gasteiger partial charge on any atom is 0.246 e. The van der Waals surface area contributed by atoms with Crippen LogP contribution in [0.3, 0.4) is 0 Å².